The fourth-order valence-electron chi connectivity index (χ4n) is 3.07. The lowest BCUT2D eigenvalue weighted by Gasteiger charge is -2.35. The molecule has 0 saturated carbocycles. The van der Waals surface area contributed by atoms with Gasteiger partial charge in [0.25, 0.3) is 11.6 Å². The summed E-state index contributed by atoms with van der Waals surface area (Å²) in [6.07, 6.45) is 4.24. The Balaban J connectivity index is 1.97. The molecule has 0 aliphatic carbocycles. The first-order chi connectivity index (χ1) is 11.4. The third kappa shape index (κ3) is 4.70. The van der Waals surface area contributed by atoms with Crippen molar-refractivity contribution in [1.29, 1.82) is 0 Å². The highest BCUT2D eigenvalue weighted by atomic mass is 32.2. The molecule has 1 aliphatic heterocycles. The normalized spacial score (nSPS) is 19.7. The number of benzene rings is 1. The van der Waals surface area contributed by atoms with Crippen LogP contribution in [0.1, 0.15) is 37.0 Å². The van der Waals surface area contributed by atoms with Crippen molar-refractivity contribution in [2.45, 2.75) is 37.6 Å². The number of carbonyl (C=O) groups is 1. The number of likely N-dealkylation sites (tertiary alicyclic amines) is 1. The first-order valence-electron chi connectivity index (χ1n) is 8.27. The van der Waals surface area contributed by atoms with Crippen molar-refractivity contribution in [3.8, 4) is 0 Å². The standard InChI is InChI=1S/C17H25N3O3S/c1-12-5-4-8-19(11-12)13(2)10-18-17(21)14-6-7-16(24-3)15(9-14)20(22)23/h6-7,9,12-13H,4-5,8,10-11H2,1-3H3,(H,18,21). The summed E-state index contributed by atoms with van der Waals surface area (Å²) in [4.78, 5) is 25.9. The summed E-state index contributed by atoms with van der Waals surface area (Å²) >= 11 is 1.30. The Morgan fingerprint density at radius 1 is 1.54 bits per heavy atom. The molecule has 24 heavy (non-hydrogen) atoms. The van der Waals surface area contributed by atoms with E-state index in [1.165, 1.54) is 30.7 Å². The summed E-state index contributed by atoms with van der Waals surface area (Å²) in [5.41, 5.74) is 0.312. The van der Waals surface area contributed by atoms with E-state index in [0.717, 1.165) is 13.1 Å². The molecule has 2 unspecified atom stereocenters. The van der Waals surface area contributed by atoms with Crippen LogP contribution in [0, 0.1) is 16.0 Å². The molecule has 0 bridgehead atoms. The Bertz CT molecular complexity index is 609. The topological polar surface area (TPSA) is 75.5 Å². The minimum absolute atomic E-state index is 0.0203. The summed E-state index contributed by atoms with van der Waals surface area (Å²) in [5, 5.41) is 14.0. The van der Waals surface area contributed by atoms with Crippen LogP contribution in [-0.4, -0.2) is 47.7 Å². The lowest BCUT2D eigenvalue weighted by Crippen LogP contribution is -2.46. The number of nitrogens with one attached hydrogen (secondary N) is 1. The van der Waals surface area contributed by atoms with E-state index in [9.17, 15) is 14.9 Å². The van der Waals surface area contributed by atoms with E-state index in [2.05, 4.69) is 24.1 Å². The molecule has 1 heterocycles. The van der Waals surface area contributed by atoms with Crippen LogP contribution in [-0.2, 0) is 0 Å². The van der Waals surface area contributed by atoms with E-state index in [0.29, 0.717) is 22.9 Å². The van der Waals surface area contributed by atoms with Gasteiger partial charge in [-0.15, -0.1) is 11.8 Å². The molecule has 0 spiro atoms. The number of hydrogen-bond donors (Lipinski definition) is 1. The van der Waals surface area contributed by atoms with Crippen LogP contribution in [0.25, 0.3) is 0 Å². The van der Waals surface area contributed by atoms with E-state index in [4.69, 9.17) is 0 Å². The SMILES string of the molecule is CSc1ccc(C(=O)NCC(C)N2CCCC(C)C2)cc1[N+](=O)[O-]. The molecule has 7 heteroatoms. The monoisotopic (exact) mass is 351 g/mol. The zero-order valence-electron chi connectivity index (χ0n) is 14.4. The Hall–Kier alpha value is -1.60. The maximum atomic E-state index is 12.3. The van der Waals surface area contributed by atoms with Crippen molar-refractivity contribution in [3.05, 3.63) is 33.9 Å². The van der Waals surface area contributed by atoms with Crippen LogP contribution in [0.15, 0.2) is 23.1 Å². The molecule has 1 amide bonds. The maximum Gasteiger partial charge on any atom is 0.283 e. The van der Waals surface area contributed by atoms with Crippen molar-refractivity contribution in [2.24, 2.45) is 5.92 Å². The van der Waals surface area contributed by atoms with Gasteiger partial charge in [0.1, 0.15) is 0 Å². The minimum atomic E-state index is -0.444. The highest BCUT2D eigenvalue weighted by molar-refractivity contribution is 7.98. The van der Waals surface area contributed by atoms with Crippen molar-refractivity contribution >= 4 is 23.4 Å². The Morgan fingerprint density at radius 2 is 2.29 bits per heavy atom. The molecule has 1 aromatic carbocycles. The van der Waals surface area contributed by atoms with Crippen LogP contribution >= 0.6 is 11.8 Å². The number of nitro benzene ring substituents is 1. The van der Waals surface area contributed by atoms with Gasteiger partial charge in [0.15, 0.2) is 0 Å². The number of nitro groups is 1. The predicted molar refractivity (Wildman–Crippen MR) is 96.6 cm³/mol. The second kappa shape index (κ2) is 8.48. The smallest absolute Gasteiger partial charge is 0.283 e. The number of thioether (sulfide) groups is 1. The van der Waals surface area contributed by atoms with Gasteiger partial charge in [-0.2, -0.15) is 0 Å². The van der Waals surface area contributed by atoms with Gasteiger partial charge >= 0.3 is 0 Å². The predicted octanol–water partition coefficient (Wildman–Crippen LogP) is 3.17. The molecule has 1 N–H and O–H groups in total. The van der Waals surface area contributed by atoms with E-state index in [-0.39, 0.29) is 17.6 Å². The molecule has 6 nitrogen and oxygen atoms in total. The molecule has 0 aromatic heterocycles. The maximum absolute atomic E-state index is 12.3. The van der Waals surface area contributed by atoms with Crippen LogP contribution < -0.4 is 5.32 Å². The van der Waals surface area contributed by atoms with Gasteiger partial charge < -0.3 is 5.32 Å². The van der Waals surface area contributed by atoms with Gasteiger partial charge in [-0.25, -0.2) is 0 Å². The summed E-state index contributed by atoms with van der Waals surface area (Å²) < 4.78 is 0. The fourth-order valence-corrected chi connectivity index (χ4v) is 3.62. The summed E-state index contributed by atoms with van der Waals surface area (Å²) in [6, 6.07) is 4.89. The lowest BCUT2D eigenvalue weighted by atomic mass is 9.99. The molecule has 132 valence electrons. The molecular weight excluding hydrogens is 326 g/mol. The molecule has 1 fully saturated rings. The minimum Gasteiger partial charge on any atom is -0.350 e. The molecule has 2 rings (SSSR count). The molecule has 1 saturated heterocycles. The lowest BCUT2D eigenvalue weighted by molar-refractivity contribution is -0.387. The molecule has 0 radical (unpaired) electrons. The molecule has 1 aromatic rings. The number of nitrogens with zero attached hydrogens (tertiary/aromatic N) is 2. The summed E-state index contributed by atoms with van der Waals surface area (Å²) in [5.74, 6) is 0.432. The third-order valence-corrected chi connectivity index (χ3v) is 5.29. The van der Waals surface area contributed by atoms with Gasteiger partial charge in [-0.1, -0.05) is 6.92 Å². The molecule has 1 aliphatic rings. The van der Waals surface area contributed by atoms with Crippen LogP contribution in [0.3, 0.4) is 0 Å². The number of piperidine rings is 1. The second-order valence-corrected chi connectivity index (χ2v) is 7.29. The zero-order chi connectivity index (χ0) is 17.7. The van der Waals surface area contributed by atoms with E-state index in [1.54, 1.807) is 18.4 Å². The van der Waals surface area contributed by atoms with Crippen LogP contribution in [0.5, 0.6) is 0 Å². The first-order valence-corrected chi connectivity index (χ1v) is 9.49. The summed E-state index contributed by atoms with van der Waals surface area (Å²) in [6.45, 7) is 7.03. The number of hydrogen-bond acceptors (Lipinski definition) is 5. The molecular formula is C17H25N3O3S. The van der Waals surface area contributed by atoms with Crippen LogP contribution in [0.2, 0.25) is 0 Å². The Labute approximate surface area is 147 Å². The second-order valence-electron chi connectivity index (χ2n) is 6.45. The number of carbonyl (C=O) groups excluding carboxylic acids is 1. The highest BCUT2D eigenvalue weighted by Gasteiger charge is 2.22. The quantitative estimate of drug-likeness (QED) is 0.484. The number of amides is 1. The fraction of sp³-hybridized carbons (Fsp3) is 0.588. The first kappa shape index (κ1) is 18.7. The van der Waals surface area contributed by atoms with Gasteiger partial charge in [0, 0.05) is 30.8 Å². The Kier molecular flexibility index (Phi) is 6.62. The van der Waals surface area contributed by atoms with E-state index >= 15 is 0 Å². The van der Waals surface area contributed by atoms with E-state index < -0.39 is 4.92 Å². The van der Waals surface area contributed by atoms with Crippen molar-refractivity contribution in [3.63, 3.8) is 0 Å². The zero-order valence-corrected chi connectivity index (χ0v) is 15.3. The number of rotatable bonds is 6. The Morgan fingerprint density at radius 3 is 2.92 bits per heavy atom. The van der Waals surface area contributed by atoms with Gasteiger partial charge in [0.05, 0.1) is 9.82 Å². The highest BCUT2D eigenvalue weighted by Crippen LogP contribution is 2.28. The van der Waals surface area contributed by atoms with Gasteiger partial charge in [-0.3, -0.25) is 19.8 Å². The van der Waals surface area contributed by atoms with Crippen molar-refractivity contribution in [2.75, 3.05) is 25.9 Å². The third-order valence-electron chi connectivity index (χ3n) is 4.51. The van der Waals surface area contributed by atoms with Gasteiger partial charge in [-0.05, 0) is 50.6 Å². The largest absolute Gasteiger partial charge is 0.350 e. The van der Waals surface area contributed by atoms with E-state index in [1.807, 2.05) is 0 Å². The van der Waals surface area contributed by atoms with Crippen LogP contribution in [0.4, 0.5) is 5.69 Å². The van der Waals surface area contributed by atoms with Crippen molar-refractivity contribution < 1.29 is 9.72 Å². The average molecular weight is 351 g/mol. The van der Waals surface area contributed by atoms with Crippen molar-refractivity contribution in [1.82, 2.24) is 10.2 Å². The summed E-state index contributed by atoms with van der Waals surface area (Å²) in [7, 11) is 0. The van der Waals surface area contributed by atoms with Gasteiger partial charge in [0.2, 0.25) is 0 Å². The molecule has 2 atom stereocenters. The average Bonchev–Trinajstić information content (AvgIpc) is 2.58.